The van der Waals surface area contributed by atoms with Crippen LogP contribution in [0.25, 0.3) is 16.2 Å². The molecule has 0 saturated carbocycles. The van der Waals surface area contributed by atoms with E-state index in [9.17, 15) is 19.1 Å². The Labute approximate surface area is 170 Å². The number of hydrogen-bond donors (Lipinski definition) is 3. The number of fused-ring (bicyclic) bond motifs is 1. The molecule has 146 valence electrons. The zero-order valence-electron chi connectivity index (χ0n) is 14.7. The number of methoxy groups -OCH3 is 1. The van der Waals surface area contributed by atoms with Crippen LogP contribution >= 0.6 is 30.5 Å². The first-order valence-electron chi connectivity index (χ1n) is 8.13. The summed E-state index contributed by atoms with van der Waals surface area (Å²) < 4.78 is 18.1. The van der Waals surface area contributed by atoms with Gasteiger partial charge < -0.3 is 19.8 Å². The lowest BCUT2D eigenvalue weighted by molar-refractivity contribution is -0.120. The molecular formula is C19H17ClNO5PS. The molecule has 0 aliphatic carbocycles. The molecule has 0 aliphatic heterocycles. The molecule has 0 fully saturated rings. The number of rotatable bonds is 6. The van der Waals surface area contributed by atoms with Gasteiger partial charge in [0.2, 0.25) is 5.91 Å². The summed E-state index contributed by atoms with van der Waals surface area (Å²) in [5.74, 6) is -0.197. The molecule has 9 heteroatoms. The average molecular weight is 438 g/mol. The van der Waals surface area contributed by atoms with Crippen LogP contribution in [-0.4, -0.2) is 22.8 Å². The van der Waals surface area contributed by atoms with Gasteiger partial charge in [0.1, 0.15) is 5.75 Å². The van der Waals surface area contributed by atoms with Gasteiger partial charge in [-0.25, -0.2) is 0 Å². The van der Waals surface area contributed by atoms with Crippen LogP contribution in [0.4, 0.5) is 0 Å². The van der Waals surface area contributed by atoms with Crippen LogP contribution in [0.2, 0.25) is 5.02 Å². The molecule has 3 N–H and O–H groups in total. The highest BCUT2D eigenvalue weighted by molar-refractivity contribution is 7.53. The summed E-state index contributed by atoms with van der Waals surface area (Å²) in [4.78, 5) is 32.3. The van der Waals surface area contributed by atoms with E-state index in [-0.39, 0.29) is 5.56 Å². The molecule has 3 rings (SSSR count). The van der Waals surface area contributed by atoms with Crippen molar-refractivity contribution in [3.63, 3.8) is 0 Å². The molecule has 0 radical (unpaired) electrons. The standard InChI is InChI=1S/C19H17ClNO5PS/c1-26-16-5-3-2-4-12(16)8-9-21-19(22)18(27(23,24)25)15-11-28-17-7-6-13(20)10-14(15)17/h2-11,18H,1H3,(H,21,22)(H2,23,24,25)/b9-8+. The number of carbonyl (C=O) groups is 1. The van der Waals surface area contributed by atoms with Crippen molar-refractivity contribution in [3.8, 4) is 5.75 Å². The molecule has 2 aromatic carbocycles. The fourth-order valence-electron chi connectivity index (χ4n) is 2.80. The minimum atomic E-state index is -4.77. The van der Waals surface area contributed by atoms with Crippen LogP contribution in [0.1, 0.15) is 16.8 Å². The number of hydrogen-bond acceptors (Lipinski definition) is 4. The second-order valence-corrected chi connectivity index (χ2v) is 8.95. The number of nitrogens with one attached hydrogen (secondary N) is 1. The summed E-state index contributed by atoms with van der Waals surface area (Å²) in [6.07, 6.45) is 2.93. The molecule has 1 unspecified atom stereocenters. The lowest BCUT2D eigenvalue weighted by atomic mass is 10.1. The summed E-state index contributed by atoms with van der Waals surface area (Å²) >= 11 is 7.31. The van der Waals surface area contributed by atoms with E-state index in [2.05, 4.69) is 5.32 Å². The summed E-state index contributed by atoms with van der Waals surface area (Å²) in [5, 5.41) is 5.01. The van der Waals surface area contributed by atoms with E-state index in [1.165, 1.54) is 24.6 Å². The number of carbonyl (C=O) groups excluding carboxylic acids is 1. The normalized spacial score (nSPS) is 13.0. The fraction of sp³-hybridized carbons (Fsp3) is 0.105. The topological polar surface area (TPSA) is 95.9 Å². The first-order valence-corrected chi connectivity index (χ1v) is 11.1. The number of para-hydroxylation sites is 1. The van der Waals surface area contributed by atoms with E-state index >= 15 is 0 Å². The van der Waals surface area contributed by atoms with Crippen molar-refractivity contribution in [1.82, 2.24) is 5.32 Å². The zero-order valence-corrected chi connectivity index (χ0v) is 17.2. The van der Waals surface area contributed by atoms with E-state index in [0.29, 0.717) is 21.7 Å². The third-order valence-electron chi connectivity index (χ3n) is 4.07. The van der Waals surface area contributed by atoms with Gasteiger partial charge in [0, 0.05) is 21.5 Å². The molecule has 1 amide bonds. The predicted octanol–water partition coefficient (Wildman–Crippen LogP) is 4.57. The number of ether oxygens (including phenoxy) is 1. The molecular weight excluding hydrogens is 421 g/mol. The van der Waals surface area contributed by atoms with Crippen LogP contribution < -0.4 is 10.1 Å². The van der Waals surface area contributed by atoms with Gasteiger partial charge in [0.25, 0.3) is 0 Å². The number of halogens is 1. The molecule has 6 nitrogen and oxygen atoms in total. The lowest BCUT2D eigenvalue weighted by Gasteiger charge is -2.17. The Morgan fingerprint density at radius 3 is 2.75 bits per heavy atom. The lowest BCUT2D eigenvalue weighted by Crippen LogP contribution is -2.25. The molecule has 0 saturated heterocycles. The van der Waals surface area contributed by atoms with Gasteiger partial charge >= 0.3 is 7.60 Å². The van der Waals surface area contributed by atoms with Crippen molar-refractivity contribution in [3.05, 3.63) is 70.2 Å². The maximum Gasteiger partial charge on any atom is 0.342 e. The van der Waals surface area contributed by atoms with Crippen LogP contribution in [0, 0.1) is 0 Å². The second kappa shape index (κ2) is 8.47. The Morgan fingerprint density at radius 2 is 2.04 bits per heavy atom. The van der Waals surface area contributed by atoms with Crippen molar-refractivity contribution < 1.29 is 23.9 Å². The Kier molecular flexibility index (Phi) is 6.23. The average Bonchev–Trinajstić information content (AvgIpc) is 3.03. The Hall–Kier alpha value is -2.15. The molecule has 1 atom stereocenters. The Balaban J connectivity index is 1.90. The van der Waals surface area contributed by atoms with E-state index in [4.69, 9.17) is 16.3 Å². The minimum Gasteiger partial charge on any atom is -0.496 e. The highest BCUT2D eigenvalue weighted by Crippen LogP contribution is 2.54. The largest absolute Gasteiger partial charge is 0.496 e. The number of thiophene rings is 1. The number of benzene rings is 2. The molecule has 0 aliphatic rings. The van der Waals surface area contributed by atoms with E-state index in [1.54, 1.807) is 41.8 Å². The molecule has 0 spiro atoms. The summed E-state index contributed by atoms with van der Waals surface area (Å²) in [6, 6.07) is 12.2. The van der Waals surface area contributed by atoms with Gasteiger partial charge in [0.05, 0.1) is 7.11 Å². The fourth-order valence-corrected chi connectivity index (χ4v) is 5.00. The molecule has 0 bridgehead atoms. The summed E-state index contributed by atoms with van der Waals surface area (Å²) in [6.45, 7) is 0. The van der Waals surface area contributed by atoms with Gasteiger partial charge in [-0.15, -0.1) is 11.3 Å². The van der Waals surface area contributed by atoms with Gasteiger partial charge in [0.15, 0.2) is 5.66 Å². The Bertz CT molecular complexity index is 1090. The molecule has 28 heavy (non-hydrogen) atoms. The first kappa shape index (κ1) is 20.6. The highest BCUT2D eigenvalue weighted by Gasteiger charge is 2.38. The monoisotopic (exact) mass is 437 g/mol. The van der Waals surface area contributed by atoms with Gasteiger partial charge in [-0.2, -0.15) is 0 Å². The SMILES string of the molecule is COc1ccccc1/C=C/NC(=O)C(c1csc2ccc(Cl)cc12)P(=O)(O)O. The van der Waals surface area contributed by atoms with Gasteiger partial charge in [-0.05, 0) is 46.7 Å². The van der Waals surface area contributed by atoms with Gasteiger partial charge in [-0.1, -0.05) is 29.8 Å². The quantitative estimate of drug-likeness (QED) is 0.491. The third-order valence-corrected chi connectivity index (χ3v) is 6.47. The third kappa shape index (κ3) is 4.46. The van der Waals surface area contributed by atoms with Gasteiger partial charge in [-0.3, -0.25) is 9.36 Å². The predicted molar refractivity (Wildman–Crippen MR) is 112 cm³/mol. The van der Waals surface area contributed by atoms with Crippen LogP contribution in [0.15, 0.2) is 54.0 Å². The summed E-state index contributed by atoms with van der Waals surface area (Å²) in [5.41, 5.74) is -0.674. The van der Waals surface area contributed by atoms with Crippen molar-refractivity contribution in [2.75, 3.05) is 7.11 Å². The smallest absolute Gasteiger partial charge is 0.342 e. The van der Waals surface area contributed by atoms with Crippen molar-refractivity contribution >= 4 is 52.6 Å². The van der Waals surface area contributed by atoms with Crippen LogP contribution in [0.5, 0.6) is 5.75 Å². The van der Waals surface area contributed by atoms with E-state index in [1.807, 2.05) is 12.1 Å². The molecule has 1 aromatic heterocycles. The van der Waals surface area contributed by atoms with Crippen molar-refractivity contribution in [1.29, 1.82) is 0 Å². The molecule has 1 heterocycles. The van der Waals surface area contributed by atoms with E-state index in [0.717, 1.165) is 4.70 Å². The highest BCUT2D eigenvalue weighted by atomic mass is 35.5. The van der Waals surface area contributed by atoms with Crippen LogP contribution in [0.3, 0.4) is 0 Å². The Morgan fingerprint density at radius 1 is 1.29 bits per heavy atom. The second-order valence-electron chi connectivity index (χ2n) is 5.91. The maximum atomic E-state index is 12.6. The summed E-state index contributed by atoms with van der Waals surface area (Å²) in [7, 11) is -3.25. The zero-order chi connectivity index (χ0) is 20.3. The van der Waals surface area contributed by atoms with Crippen molar-refractivity contribution in [2.24, 2.45) is 0 Å². The number of amides is 1. The first-order chi connectivity index (χ1) is 13.3. The minimum absolute atomic E-state index is 0.249. The maximum absolute atomic E-state index is 12.6. The van der Waals surface area contributed by atoms with Crippen LogP contribution in [-0.2, 0) is 9.36 Å². The van der Waals surface area contributed by atoms with Crippen molar-refractivity contribution in [2.45, 2.75) is 5.66 Å². The van der Waals surface area contributed by atoms with E-state index < -0.39 is 19.2 Å². The molecule has 3 aromatic rings.